The van der Waals surface area contributed by atoms with Gasteiger partial charge in [0.2, 0.25) is 0 Å². The van der Waals surface area contributed by atoms with Crippen LogP contribution in [-0.4, -0.2) is 6.29 Å². The summed E-state index contributed by atoms with van der Waals surface area (Å²) in [6.07, 6.45) is 0.432. The summed E-state index contributed by atoms with van der Waals surface area (Å²) in [5.74, 6) is 4.03. The van der Waals surface area contributed by atoms with E-state index in [-0.39, 0.29) is 5.02 Å². The van der Waals surface area contributed by atoms with Gasteiger partial charge >= 0.3 is 0 Å². The number of halogens is 2. The van der Waals surface area contributed by atoms with Gasteiger partial charge in [-0.05, 0) is 18.1 Å². The smallest absolute Gasteiger partial charge is 0.193 e. The molecular formula is C9H4ClFO. The molecule has 0 aliphatic rings. The van der Waals surface area contributed by atoms with Crippen molar-refractivity contribution in [3.8, 4) is 11.8 Å². The van der Waals surface area contributed by atoms with E-state index in [9.17, 15) is 9.18 Å². The van der Waals surface area contributed by atoms with Crippen molar-refractivity contribution in [2.24, 2.45) is 0 Å². The van der Waals surface area contributed by atoms with E-state index in [1.807, 2.05) is 0 Å². The topological polar surface area (TPSA) is 17.1 Å². The van der Waals surface area contributed by atoms with Gasteiger partial charge in [-0.1, -0.05) is 23.6 Å². The second-order valence-electron chi connectivity index (χ2n) is 1.99. The molecule has 0 heterocycles. The predicted molar refractivity (Wildman–Crippen MR) is 44.4 cm³/mol. The standard InChI is InChI=1S/C9H4ClFO/c10-9-7(4-2-6-12)3-1-5-8(9)11/h1,3,5-6H. The lowest BCUT2D eigenvalue weighted by Crippen LogP contribution is -1.81. The minimum atomic E-state index is -0.533. The Labute approximate surface area is 74.2 Å². The first kappa shape index (κ1) is 8.76. The second-order valence-corrected chi connectivity index (χ2v) is 2.37. The first-order valence-electron chi connectivity index (χ1n) is 3.15. The highest BCUT2D eigenvalue weighted by molar-refractivity contribution is 6.31. The van der Waals surface area contributed by atoms with Gasteiger partial charge in [0.15, 0.2) is 6.29 Å². The van der Waals surface area contributed by atoms with Crippen LogP contribution in [0, 0.1) is 17.7 Å². The van der Waals surface area contributed by atoms with E-state index in [2.05, 4.69) is 11.8 Å². The van der Waals surface area contributed by atoms with Gasteiger partial charge in [0, 0.05) is 5.56 Å². The van der Waals surface area contributed by atoms with Crippen LogP contribution in [0.2, 0.25) is 5.02 Å². The average Bonchev–Trinajstić information content (AvgIpc) is 2.08. The Bertz CT molecular complexity index is 363. The van der Waals surface area contributed by atoms with Crippen molar-refractivity contribution in [3.05, 3.63) is 34.6 Å². The number of carbonyl (C=O) groups excluding carboxylic acids is 1. The van der Waals surface area contributed by atoms with Crippen molar-refractivity contribution in [3.63, 3.8) is 0 Å². The largest absolute Gasteiger partial charge is 0.289 e. The van der Waals surface area contributed by atoms with E-state index < -0.39 is 5.82 Å². The normalized spacial score (nSPS) is 8.50. The molecule has 1 nitrogen and oxygen atoms in total. The monoisotopic (exact) mass is 182 g/mol. The summed E-state index contributed by atoms with van der Waals surface area (Å²) in [6, 6.07) is 4.26. The zero-order chi connectivity index (χ0) is 8.97. The molecular weight excluding hydrogens is 179 g/mol. The highest BCUT2D eigenvalue weighted by Crippen LogP contribution is 2.18. The van der Waals surface area contributed by atoms with E-state index in [0.717, 1.165) is 0 Å². The average molecular weight is 183 g/mol. The fourth-order valence-electron chi connectivity index (χ4n) is 0.708. The third-order valence-corrected chi connectivity index (χ3v) is 1.60. The van der Waals surface area contributed by atoms with E-state index in [1.165, 1.54) is 12.1 Å². The van der Waals surface area contributed by atoms with Gasteiger partial charge in [-0.25, -0.2) is 4.39 Å². The number of hydrogen-bond acceptors (Lipinski definition) is 1. The van der Waals surface area contributed by atoms with Crippen LogP contribution < -0.4 is 0 Å². The lowest BCUT2D eigenvalue weighted by molar-refractivity contribution is -0.103. The highest BCUT2D eigenvalue weighted by Gasteiger charge is 2.01. The quantitative estimate of drug-likeness (QED) is 0.443. The zero-order valence-corrected chi connectivity index (χ0v) is 6.73. The highest BCUT2D eigenvalue weighted by atomic mass is 35.5. The van der Waals surface area contributed by atoms with E-state index in [4.69, 9.17) is 11.6 Å². The van der Waals surface area contributed by atoms with Crippen LogP contribution in [0.1, 0.15) is 5.56 Å². The first-order valence-corrected chi connectivity index (χ1v) is 3.52. The second kappa shape index (κ2) is 3.89. The van der Waals surface area contributed by atoms with Gasteiger partial charge in [-0.3, -0.25) is 4.79 Å². The summed E-state index contributed by atoms with van der Waals surface area (Å²) in [7, 11) is 0. The molecule has 0 N–H and O–H groups in total. The molecule has 60 valence electrons. The molecule has 0 atom stereocenters. The summed E-state index contributed by atoms with van der Waals surface area (Å²) in [5.41, 5.74) is 0.323. The molecule has 0 saturated heterocycles. The third kappa shape index (κ3) is 1.84. The Morgan fingerprint density at radius 3 is 2.92 bits per heavy atom. The maximum atomic E-state index is 12.7. The number of carbonyl (C=O) groups is 1. The van der Waals surface area contributed by atoms with Gasteiger partial charge in [0.05, 0.1) is 5.02 Å². The minimum Gasteiger partial charge on any atom is -0.289 e. The maximum absolute atomic E-state index is 12.7. The summed E-state index contributed by atoms with van der Waals surface area (Å²) in [6.45, 7) is 0. The number of aldehydes is 1. The lowest BCUT2D eigenvalue weighted by atomic mass is 10.2. The molecule has 3 heteroatoms. The van der Waals surface area contributed by atoms with Gasteiger partial charge in [0.25, 0.3) is 0 Å². The lowest BCUT2D eigenvalue weighted by Gasteiger charge is -1.94. The molecule has 1 aromatic rings. The molecule has 0 radical (unpaired) electrons. The SMILES string of the molecule is O=CC#Cc1cccc(F)c1Cl. The molecule has 0 bridgehead atoms. The van der Waals surface area contributed by atoms with Crippen molar-refractivity contribution in [1.82, 2.24) is 0 Å². The molecule has 12 heavy (non-hydrogen) atoms. The van der Waals surface area contributed by atoms with Crippen LogP contribution in [0.25, 0.3) is 0 Å². The van der Waals surface area contributed by atoms with Crippen LogP contribution >= 0.6 is 11.6 Å². The number of rotatable bonds is 0. The fourth-order valence-corrected chi connectivity index (χ4v) is 0.881. The zero-order valence-electron chi connectivity index (χ0n) is 5.97. The summed E-state index contributed by atoms with van der Waals surface area (Å²) in [4.78, 5) is 9.86. The van der Waals surface area contributed by atoms with E-state index in [0.29, 0.717) is 11.8 Å². The molecule has 0 fully saturated rings. The van der Waals surface area contributed by atoms with Gasteiger partial charge < -0.3 is 0 Å². The van der Waals surface area contributed by atoms with Crippen molar-refractivity contribution in [2.75, 3.05) is 0 Å². The molecule has 1 rings (SSSR count). The molecule has 0 aliphatic heterocycles. The molecule has 0 aliphatic carbocycles. The van der Waals surface area contributed by atoms with Crippen molar-refractivity contribution in [2.45, 2.75) is 0 Å². The summed E-state index contributed by atoms with van der Waals surface area (Å²) < 4.78 is 12.7. The summed E-state index contributed by atoms with van der Waals surface area (Å²) >= 11 is 5.54. The van der Waals surface area contributed by atoms with Crippen LogP contribution in [0.15, 0.2) is 18.2 Å². The molecule has 1 aromatic carbocycles. The third-order valence-electron chi connectivity index (χ3n) is 1.22. The maximum Gasteiger partial charge on any atom is 0.193 e. The Hall–Kier alpha value is -1.33. The van der Waals surface area contributed by atoms with E-state index >= 15 is 0 Å². The minimum absolute atomic E-state index is 0.0492. The number of benzene rings is 1. The van der Waals surface area contributed by atoms with Crippen LogP contribution in [-0.2, 0) is 4.79 Å². The van der Waals surface area contributed by atoms with Crippen molar-refractivity contribution in [1.29, 1.82) is 0 Å². The molecule has 0 unspecified atom stereocenters. The Morgan fingerprint density at radius 2 is 2.25 bits per heavy atom. The molecule has 0 aromatic heterocycles. The van der Waals surface area contributed by atoms with Crippen LogP contribution in [0.3, 0.4) is 0 Å². The van der Waals surface area contributed by atoms with Crippen LogP contribution in [0.4, 0.5) is 4.39 Å². The summed E-state index contributed by atoms with van der Waals surface area (Å²) in [5, 5.41) is -0.0492. The van der Waals surface area contributed by atoms with Crippen LogP contribution in [0.5, 0.6) is 0 Å². The van der Waals surface area contributed by atoms with Crippen molar-refractivity contribution < 1.29 is 9.18 Å². The Balaban J connectivity index is 3.16. The van der Waals surface area contributed by atoms with Gasteiger partial charge in [-0.2, -0.15) is 0 Å². The fraction of sp³-hybridized carbons (Fsp3) is 0. The Kier molecular flexibility index (Phi) is 2.84. The molecule has 0 amide bonds. The van der Waals surface area contributed by atoms with E-state index in [1.54, 1.807) is 6.07 Å². The predicted octanol–water partition coefficient (Wildman–Crippen LogP) is 2.03. The first-order chi connectivity index (χ1) is 5.75. The van der Waals surface area contributed by atoms with Gasteiger partial charge in [-0.15, -0.1) is 0 Å². The van der Waals surface area contributed by atoms with Crippen molar-refractivity contribution >= 4 is 17.9 Å². The molecule has 0 spiro atoms. The Morgan fingerprint density at radius 1 is 1.50 bits per heavy atom. The molecule has 0 saturated carbocycles. The van der Waals surface area contributed by atoms with Gasteiger partial charge in [0.1, 0.15) is 5.82 Å². The number of hydrogen-bond donors (Lipinski definition) is 0.